The number of carboxylic acids is 1. The van der Waals surface area contributed by atoms with Crippen molar-refractivity contribution in [3.05, 3.63) is 85.1 Å². The zero-order chi connectivity index (χ0) is 43.2. The average Bonchev–Trinajstić information content (AvgIpc) is 3.22. The van der Waals surface area contributed by atoms with Gasteiger partial charge in [-0.2, -0.15) is 0 Å². The smallest absolute Gasteiger partial charge is 0.335 e. The Morgan fingerprint density at radius 2 is 1.00 bits per heavy atom. The van der Waals surface area contributed by atoms with Crippen molar-refractivity contribution in [2.75, 3.05) is 13.2 Å². The van der Waals surface area contributed by atoms with Crippen molar-refractivity contribution in [1.82, 2.24) is 0 Å². The summed E-state index contributed by atoms with van der Waals surface area (Å²) in [5.74, 6) is -2.52. The Morgan fingerprint density at radius 3 is 1.53 bits per heavy atom. The second-order valence-corrected chi connectivity index (χ2v) is 14.8. The third-order valence-electron chi connectivity index (χ3n) is 9.48. The summed E-state index contributed by atoms with van der Waals surface area (Å²) in [4.78, 5) is 36.8. The first-order chi connectivity index (χ1) is 28.7. The van der Waals surface area contributed by atoms with Crippen LogP contribution in [0, 0.1) is 0 Å². The number of carbonyl (C=O) groups is 3. The van der Waals surface area contributed by atoms with Gasteiger partial charge in [0.15, 0.2) is 18.5 Å². The zero-order valence-electron chi connectivity index (χ0n) is 36.0. The minimum absolute atomic E-state index is 0.154. The molecule has 4 N–H and O–H groups in total. The number of aliphatic hydroxyl groups excluding tert-OH is 3. The lowest BCUT2D eigenvalue weighted by Crippen LogP contribution is -2.60. The molecule has 0 aromatic carbocycles. The molecular weight excluding hydrogens is 753 g/mol. The van der Waals surface area contributed by atoms with Crippen molar-refractivity contribution >= 4 is 17.9 Å². The molecule has 0 saturated carbocycles. The van der Waals surface area contributed by atoms with Crippen molar-refractivity contribution in [3.63, 3.8) is 0 Å². The molecule has 0 amide bonds. The van der Waals surface area contributed by atoms with E-state index in [9.17, 15) is 34.8 Å². The molecule has 1 rings (SSSR count). The minimum atomic E-state index is -1.87. The first-order valence-corrected chi connectivity index (χ1v) is 22.1. The molecule has 59 heavy (non-hydrogen) atoms. The number of allylic oxidation sites excluding steroid dienone is 14. The molecule has 0 radical (unpaired) electrons. The van der Waals surface area contributed by atoms with Crippen molar-refractivity contribution in [3.8, 4) is 0 Å². The monoisotopic (exact) mass is 829 g/mol. The summed E-state index contributed by atoms with van der Waals surface area (Å²) in [7, 11) is 0. The Hall–Kier alpha value is -3.61. The van der Waals surface area contributed by atoms with Crippen LogP contribution in [0.3, 0.4) is 0 Å². The number of aliphatic carboxylic acids is 1. The fourth-order valence-corrected chi connectivity index (χ4v) is 5.98. The number of ether oxygens (including phenoxy) is 4. The summed E-state index contributed by atoms with van der Waals surface area (Å²) >= 11 is 0. The average molecular weight is 829 g/mol. The van der Waals surface area contributed by atoms with Crippen molar-refractivity contribution in [1.29, 1.82) is 0 Å². The Bertz CT molecular complexity index is 1300. The van der Waals surface area contributed by atoms with Gasteiger partial charge in [0.1, 0.15) is 24.9 Å². The van der Waals surface area contributed by atoms with Gasteiger partial charge < -0.3 is 39.4 Å². The number of hydrogen-bond acceptors (Lipinski definition) is 10. The van der Waals surface area contributed by atoms with E-state index in [2.05, 4.69) is 98.9 Å². The molecule has 334 valence electrons. The fourth-order valence-electron chi connectivity index (χ4n) is 5.98. The first kappa shape index (κ1) is 53.4. The second-order valence-electron chi connectivity index (χ2n) is 14.8. The molecule has 0 aromatic rings. The number of esters is 2. The van der Waals surface area contributed by atoms with Gasteiger partial charge in [0.05, 0.1) is 6.61 Å². The van der Waals surface area contributed by atoms with Crippen LogP contribution in [0.15, 0.2) is 85.1 Å². The summed E-state index contributed by atoms with van der Waals surface area (Å²) in [5, 5.41) is 39.8. The fraction of sp³-hybridized carbons (Fsp3) is 0.646. The zero-order valence-corrected chi connectivity index (χ0v) is 36.0. The number of hydrogen-bond donors (Lipinski definition) is 4. The van der Waals surface area contributed by atoms with Crippen LogP contribution in [0.2, 0.25) is 0 Å². The van der Waals surface area contributed by atoms with E-state index in [0.717, 1.165) is 96.3 Å². The lowest BCUT2D eigenvalue weighted by atomic mass is 9.99. The second kappa shape index (κ2) is 37.4. The molecule has 1 aliphatic heterocycles. The molecule has 0 aliphatic carbocycles. The molecule has 1 saturated heterocycles. The van der Waals surface area contributed by atoms with Gasteiger partial charge in [-0.3, -0.25) is 9.59 Å². The number of aliphatic hydroxyl groups is 3. The Labute approximate surface area is 354 Å². The van der Waals surface area contributed by atoms with E-state index >= 15 is 0 Å². The van der Waals surface area contributed by atoms with Gasteiger partial charge in [-0.1, -0.05) is 137 Å². The summed E-state index contributed by atoms with van der Waals surface area (Å²) in [6.45, 7) is 3.60. The highest BCUT2D eigenvalue weighted by Gasteiger charge is 2.47. The van der Waals surface area contributed by atoms with E-state index in [0.29, 0.717) is 12.8 Å². The van der Waals surface area contributed by atoms with E-state index < -0.39 is 61.3 Å². The molecule has 11 heteroatoms. The summed E-state index contributed by atoms with van der Waals surface area (Å²) < 4.78 is 21.7. The lowest BCUT2D eigenvalue weighted by molar-refractivity contribution is -0.298. The van der Waals surface area contributed by atoms with E-state index in [1.165, 1.54) is 12.8 Å². The molecule has 6 unspecified atom stereocenters. The molecular formula is C48H76O11. The van der Waals surface area contributed by atoms with E-state index in [1.807, 2.05) is 0 Å². The molecule has 0 aromatic heterocycles. The van der Waals surface area contributed by atoms with Crippen LogP contribution in [0.4, 0.5) is 0 Å². The Kier molecular flexibility index (Phi) is 33.8. The molecule has 0 spiro atoms. The molecule has 6 atom stereocenters. The topological polar surface area (TPSA) is 169 Å². The van der Waals surface area contributed by atoms with E-state index in [4.69, 9.17) is 18.9 Å². The van der Waals surface area contributed by atoms with Crippen molar-refractivity contribution in [2.45, 2.75) is 185 Å². The van der Waals surface area contributed by atoms with Gasteiger partial charge >= 0.3 is 17.9 Å². The van der Waals surface area contributed by atoms with Gasteiger partial charge in [-0.05, 0) is 83.5 Å². The number of rotatable bonds is 35. The van der Waals surface area contributed by atoms with Crippen molar-refractivity contribution < 1.29 is 53.8 Å². The normalized spacial score (nSPS) is 20.7. The quantitative estimate of drug-likeness (QED) is 0.0273. The van der Waals surface area contributed by atoms with Gasteiger partial charge in [0.2, 0.25) is 0 Å². The van der Waals surface area contributed by atoms with Crippen LogP contribution in [-0.2, 0) is 33.3 Å². The summed E-state index contributed by atoms with van der Waals surface area (Å²) in [6.07, 6.45) is 39.2. The largest absolute Gasteiger partial charge is 0.479 e. The maximum atomic E-state index is 12.7. The maximum absolute atomic E-state index is 12.7. The molecule has 1 heterocycles. The van der Waals surface area contributed by atoms with E-state index in [-0.39, 0.29) is 19.4 Å². The minimum Gasteiger partial charge on any atom is -0.479 e. The van der Waals surface area contributed by atoms with E-state index in [1.54, 1.807) is 0 Å². The number of carboxylic acid groups (broad SMARTS) is 1. The highest BCUT2D eigenvalue weighted by molar-refractivity contribution is 5.73. The molecule has 11 nitrogen and oxygen atoms in total. The molecule has 1 aliphatic rings. The van der Waals surface area contributed by atoms with Crippen LogP contribution in [0.1, 0.15) is 149 Å². The molecule has 0 bridgehead atoms. The van der Waals surface area contributed by atoms with Crippen LogP contribution in [0.25, 0.3) is 0 Å². The van der Waals surface area contributed by atoms with Gasteiger partial charge in [0.25, 0.3) is 0 Å². The third kappa shape index (κ3) is 29.3. The predicted octanol–water partition coefficient (Wildman–Crippen LogP) is 9.48. The van der Waals surface area contributed by atoms with Gasteiger partial charge in [-0.25, -0.2) is 4.79 Å². The Morgan fingerprint density at radius 1 is 0.542 bits per heavy atom. The summed E-state index contributed by atoms with van der Waals surface area (Å²) in [6, 6.07) is 0. The highest BCUT2D eigenvalue weighted by atomic mass is 16.7. The number of carbonyl (C=O) groups excluding carboxylic acids is 2. The molecule has 1 fully saturated rings. The lowest BCUT2D eigenvalue weighted by Gasteiger charge is -2.38. The Balaban J connectivity index is 2.42. The SMILES string of the molecule is CC/C=C\C/C=C\C/C=C\C/C=C\C/C=C\CCCCCC(=O)OCC(COC1OC(C(=O)O)C(O)C(O)C1O)OC(=O)CCCCCCC/C=C\C/C=C\CCCC. The van der Waals surface area contributed by atoms with Crippen LogP contribution < -0.4 is 0 Å². The number of unbranched alkanes of at least 4 members (excludes halogenated alkanes) is 10. The van der Waals surface area contributed by atoms with Crippen LogP contribution in [0.5, 0.6) is 0 Å². The van der Waals surface area contributed by atoms with Crippen LogP contribution in [-0.4, -0.2) is 88.4 Å². The van der Waals surface area contributed by atoms with Crippen molar-refractivity contribution in [2.24, 2.45) is 0 Å². The maximum Gasteiger partial charge on any atom is 0.335 e. The summed E-state index contributed by atoms with van der Waals surface area (Å²) in [5.41, 5.74) is 0. The first-order valence-electron chi connectivity index (χ1n) is 22.1. The predicted molar refractivity (Wildman–Crippen MR) is 233 cm³/mol. The van der Waals surface area contributed by atoms with Gasteiger partial charge in [0, 0.05) is 12.8 Å². The highest BCUT2D eigenvalue weighted by Crippen LogP contribution is 2.23. The van der Waals surface area contributed by atoms with Gasteiger partial charge in [-0.15, -0.1) is 0 Å². The van der Waals surface area contributed by atoms with Crippen LogP contribution >= 0.6 is 0 Å². The standard InChI is InChI=1S/C48H76O11/c1-3-5-7-9-11-13-15-17-19-20-21-22-23-25-26-28-30-32-34-36-41(49)56-38-40(39-57-48-45(53)43(51)44(52)46(59-48)47(54)55)58-42(50)37-35-33-31-29-27-24-18-16-14-12-10-8-6-4-2/h5,7,10-13,16-19,21-22,25-26,40,43-46,48,51-53H,3-4,6,8-9,14-15,20,23-24,27-39H2,1-2H3,(H,54,55)/b7-5-,12-10-,13-11-,18-16-,19-17-,22-21-,26-25-. The third-order valence-corrected chi connectivity index (χ3v) is 9.48.